The van der Waals surface area contributed by atoms with Gasteiger partial charge in [-0.2, -0.15) is 0 Å². The molecule has 294 valence electrons. The lowest BCUT2D eigenvalue weighted by atomic mass is 10.0. The summed E-state index contributed by atoms with van der Waals surface area (Å²) in [6, 6.07) is 0. The maximum Gasteiger partial charge on any atom is 0.306 e. The van der Waals surface area contributed by atoms with E-state index in [9.17, 15) is 24.3 Å². The second-order valence-corrected chi connectivity index (χ2v) is 13.8. The molecule has 0 aliphatic carbocycles. The molecule has 0 fully saturated rings. The minimum absolute atomic E-state index is 0.120. The summed E-state index contributed by atoms with van der Waals surface area (Å²) < 4.78 is 22.4. The van der Waals surface area contributed by atoms with Gasteiger partial charge in [-0.1, -0.05) is 130 Å². The molecular formula is C40H74O10. The Labute approximate surface area is 304 Å². The van der Waals surface area contributed by atoms with Gasteiger partial charge in [-0.05, 0) is 38.5 Å². The SMILES string of the molecule is CCCCCCCC(=O)OCC(OC(=O)CCCCCCC)C(CCCCCCCCCC(=O)OCC(O)CO)OC(=O)CCCCCCC. The Hall–Kier alpha value is -2.20. The molecule has 0 heterocycles. The van der Waals surface area contributed by atoms with Crippen LogP contribution in [-0.4, -0.2) is 72.2 Å². The highest BCUT2D eigenvalue weighted by molar-refractivity contribution is 5.71. The van der Waals surface area contributed by atoms with Crippen molar-refractivity contribution >= 4 is 23.9 Å². The Bertz CT molecular complexity index is 833. The number of carbonyl (C=O) groups excluding carboxylic acids is 4. The third kappa shape index (κ3) is 30.6. The number of unbranched alkanes of at least 4 members (excludes halogenated alkanes) is 18. The van der Waals surface area contributed by atoms with Gasteiger partial charge < -0.3 is 29.2 Å². The van der Waals surface area contributed by atoms with Crippen molar-refractivity contribution < 1.29 is 48.3 Å². The first-order chi connectivity index (χ1) is 24.3. The fraction of sp³-hybridized carbons (Fsp3) is 0.900. The van der Waals surface area contributed by atoms with Gasteiger partial charge in [0.15, 0.2) is 6.10 Å². The normalized spacial score (nSPS) is 13.0. The number of hydrogen-bond donors (Lipinski definition) is 2. The first kappa shape index (κ1) is 47.8. The number of ether oxygens (including phenoxy) is 4. The molecule has 0 bridgehead atoms. The van der Waals surface area contributed by atoms with E-state index in [1.54, 1.807) is 0 Å². The van der Waals surface area contributed by atoms with Crippen LogP contribution in [0.1, 0.15) is 194 Å². The molecule has 10 nitrogen and oxygen atoms in total. The molecule has 0 saturated heterocycles. The molecular weight excluding hydrogens is 640 g/mol. The fourth-order valence-electron chi connectivity index (χ4n) is 5.67. The zero-order chi connectivity index (χ0) is 37.1. The lowest BCUT2D eigenvalue weighted by Gasteiger charge is -2.27. The third-order valence-corrected chi connectivity index (χ3v) is 8.86. The second kappa shape index (κ2) is 35.2. The van der Waals surface area contributed by atoms with Crippen molar-refractivity contribution in [2.45, 2.75) is 212 Å². The van der Waals surface area contributed by atoms with E-state index in [-0.39, 0.29) is 49.9 Å². The molecule has 0 amide bonds. The highest BCUT2D eigenvalue weighted by atomic mass is 16.6. The van der Waals surface area contributed by atoms with Crippen LogP contribution in [0.3, 0.4) is 0 Å². The monoisotopic (exact) mass is 715 g/mol. The van der Waals surface area contributed by atoms with Crippen LogP contribution in [0.5, 0.6) is 0 Å². The molecule has 3 unspecified atom stereocenters. The molecule has 0 aliphatic rings. The minimum atomic E-state index is -1.04. The molecule has 0 aromatic carbocycles. The topological polar surface area (TPSA) is 146 Å². The van der Waals surface area contributed by atoms with Gasteiger partial charge in [0.05, 0.1) is 6.61 Å². The van der Waals surface area contributed by atoms with Crippen LogP contribution in [0.15, 0.2) is 0 Å². The number of aliphatic hydroxyl groups excluding tert-OH is 2. The first-order valence-electron chi connectivity index (χ1n) is 20.3. The first-order valence-corrected chi connectivity index (χ1v) is 20.3. The van der Waals surface area contributed by atoms with Crippen molar-refractivity contribution in [2.75, 3.05) is 19.8 Å². The standard InChI is InChI=1S/C40H74O10/c1-4-7-10-16-22-28-38(44)48-33-36(50-40(46)30-25-18-12-9-6-3)35(49-39(45)29-24-17-11-8-5-2)26-21-19-14-13-15-20-23-27-37(43)47-32-34(42)31-41/h34-36,41-42H,4-33H2,1-3H3. The summed E-state index contributed by atoms with van der Waals surface area (Å²) in [6.07, 6.45) is 20.5. The number of carbonyl (C=O) groups is 4. The predicted molar refractivity (Wildman–Crippen MR) is 196 cm³/mol. The number of rotatable bonds is 36. The van der Waals surface area contributed by atoms with Gasteiger partial charge in [-0.3, -0.25) is 19.2 Å². The summed E-state index contributed by atoms with van der Waals surface area (Å²) >= 11 is 0. The van der Waals surface area contributed by atoms with Crippen LogP contribution in [0.2, 0.25) is 0 Å². The average molecular weight is 715 g/mol. The van der Waals surface area contributed by atoms with Crippen molar-refractivity contribution in [3.05, 3.63) is 0 Å². The molecule has 0 radical (unpaired) electrons. The summed E-state index contributed by atoms with van der Waals surface area (Å²) in [7, 11) is 0. The molecule has 10 heteroatoms. The van der Waals surface area contributed by atoms with E-state index in [1.165, 1.54) is 0 Å². The quantitative estimate of drug-likeness (QED) is 0.0367. The van der Waals surface area contributed by atoms with Crippen molar-refractivity contribution in [1.82, 2.24) is 0 Å². The van der Waals surface area contributed by atoms with Crippen molar-refractivity contribution in [2.24, 2.45) is 0 Å². The lowest BCUT2D eigenvalue weighted by Crippen LogP contribution is -2.39. The molecule has 0 aromatic heterocycles. The lowest BCUT2D eigenvalue weighted by molar-refractivity contribution is -0.176. The average Bonchev–Trinajstić information content (AvgIpc) is 3.10. The summed E-state index contributed by atoms with van der Waals surface area (Å²) in [4.78, 5) is 50.3. The number of aliphatic hydroxyl groups is 2. The van der Waals surface area contributed by atoms with Gasteiger partial charge in [0.1, 0.15) is 25.4 Å². The molecule has 0 saturated carbocycles. The van der Waals surface area contributed by atoms with Crippen molar-refractivity contribution in [3.63, 3.8) is 0 Å². The Balaban J connectivity index is 5.14. The second-order valence-electron chi connectivity index (χ2n) is 13.8. The van der Waals surface area contributed by atoms with Crippen LogP contribution >= 0.6 is 0 Å². The Morgan fingerprint density at radius 2 is 0.780 bits per heavy atom. The van der Waals surface area contributed by atoms with Gasteiger partial charge in [-0.15, -0.1) is 0 Å². The summed E-state index contributed by atoms with van der Waals surface area (Å²) in [6.45, 7) is 5.71. The number of esters is 4. The highest BCUT2D eigenvalue weighted by Gasteiger charge is 2.30. The van der Waals surface area contributed by atoms with E-state index < -0.39 is 24.9 Å². The zero-order valence-corrected chi connectivity index (χ0v) is 32.1. The van der Waals surface area contributed by atoms with Crippen LogP contribution in [0.25, 0.3) is 0 Å². The summed E-state index contributed by atoms with van der Waals surface area (Å²) in [5, 5.41) is 18.1. The van der Waals surface area contributed by atoms with Gasteiger partial charge >= 0.3 is 23.9 Å². The molecule has 0 aromatic rings. The molecule has 0 aliphatic heterocycles. The summed E-state index contributed by atoms with van der Waals surface area (Å²) in [5.74, 6) is -1.35. The molecule has 3 atom stereocenters. The minimum Gasteiger partial charge on any atom is -0.463 e. The predicted octanol–water partition coefficient (Wildman–Crippen LogP) is 8.84. The van der Waals surface area contributed by atoms with Crippen LogP contribution in [0.4, 0.5) is 0 Å². The Kier molecular flexibility index (Phi) is 33.7. The Morgan fingerprint density at radius 1 is 0.440 bits per heavy atom. The van der Waals surface area contributed by atoms with Gasteiger partial charge in [-0.25, -0.2) is 0 Å². The van der Waals surface area contributed by atoms with Gasteiger partial charge in [0, 0.05) is 25.7 Å². The van der Waals surface area contributed by atoms with Crippen LogP contribution in [0, 0.1) is 0 Å². The maximum absolute atomic E-state index is 13.0. The van der Waals surface area contributed by atoms with E-state index in [0.29, 0.717) is 25.7 Å². The molecule has 0 spiro atoms. The number of hydrogen-bond acceptors (Lipinski definition) is 10. The van der Waals surface area contributed by atoms with E-state index in [4.69, 9.17) is 24.1 Å². The zero-order valence-electron chi connectivity index (χ0n) is 32.1. The smallest absolute Gasteiger partial charge is 0.306 e. The molecule has 0 rings (SSSR count). The maximum atomic E-state index is 13.0. The van der Waals surface area contributed by atoms with Crippen LogP contribution < -0.4 is 0 Å². The van der Waals surface area contributed by atoms with E-state index >= 15 is 0 Å². The molecule has 2 N–H and O–H groups in total. The van der Waals surface area contributed by atoms with Gasteiger partial charge in [0.2, 0.25) is 0 Å². The molecule has 50 heavy (non-hydrogen) atoms. The Morgan fingerprint density at radius 3 is 1.20 bits per heavy atom. The summed E-state index contributed by atoms with van der Waals surface area (Å²) in [5.41, 5.74) is 0. The van der Waals surface area contributed by atoms with E-state index in [2.05, 4.69) is 20.8 Å². The van der Waals surface area contributed by atoms with Crippen LogP contribution in [-0.2, 0) is 38.1 Å². The van der Waals surface area contributed by atoms with E-state index in [0.717, 1.165) is 135 Å². The third-order valence-electron chi connectivity index (χ3n) is 8.86. The highest BCUT2D eigenvalue weighted by Crippen LogP contribution is 2.20. The van der Waals surface area contributed by atoms with Crippen molar-refractivity contribution in [3.8, 4) is 0 Å². The van der Waals surface area contributed by atoms with Gasteiger partial charge in [0.25, 0.3) is 0 Å². The van der Waals surface area contributed by atoms with E-state index in [1.807, 2.05) is 0 Å². The largest absolute Gasteiger partial charge is 0.463 e. The van der Waals surface area contributed by atoms with Crippen molar-refractivity contribution in [1.29, 1.82) is 0 Å². The fourth-order valence-corrected chi connectivity index (χ4v) is 5.67.